The van der Waals surface area contributed by atoms with E-state index in [-0.39, 0.29) is 12.3 Å². The first-order valence-electron chi connectivity index (χ1n) is 5.72. The number of aryl methyl sites for hydroxylation is 1. The minimum Gasteiger partial charge on any atom is -0.481 e. The van der Waals surface area contributed by atoms with E-state index >= 15 is 0 Å². The second-order valence-electron chi connectivity index (χ2n) is 4.15. The summed E-state index contributed by atoms with van der Waals surface area (Å²) in [5, 5.41) is 13.3. The standard InChI is InChI=1S/C14H13NO3S/c1-9-6-7-19-13(9)14(18)15-11-4-2-10(3-5-11)8-12(16)17/h2-7H,8H2,1H3,(H,15,18)(H,16,17). The fourth-order valence-electron chi connectivity index (χ4n) is 1.67. The molecular formula is C14H13NO3S. The number of anilines is 1. The molecule has 0 aliphatic rings. The van der Waals surface area contributed by atoms with Crippen LogP contribution in [-0.2, 0) is 11.2 Å². The molecule has 98 valence electrons. The predicted molar refractivity (Wildman–Crippen MR) is 74.8 cm³/mol. The van der Waals surface area contributed by atoms with Gasteiger partial charge in [0.05, 0.1) is 11.3 Å². The van der Waals surface area contributed by atoms with E-state index in [0.29, 0.717) is 16.1 Å². The van der Waals surface area contributed by atoms with Crippen molar-refractivity contribution in [3.8, 4) is 0 Å². The Balaban J connectivity index is 2.06. The Morgan fingerprint density at radius 3 is 2.42 bits per heavy atom. The number of carboxylic acids is 1. The van der Waals surface area contributed by atoms with E-state index < -0.39 is 5.97 Å². The topological polar surface area (TPSA) is 66.4 Å². The average Bonchev–Trinajstić information content (AvgIpc) is 2.77. The molecule has 0 saturated carbocycles. The molecule has 0 aliphatic carbocycles. The number of carbonyl (C=O) groups is 2. The molecule has 0 fully saturated rings. The van der Waals surface area contributed by atoms with Gasteiger partial charge in [0.15, 0.2) is 0 Å². The summed E-state index contributed by atoms with van der Waals surface area (Å²) >= 11 is 1.40. The van der Waals surface area contributed by atoms with Crippen LogP contribution in [0.4, 0.5) is 5.69 Å². The maximum Gasteiger partial charge on any atom is 0.307 e. The molecule has 1 aromatic heterocycles. The van der Waals surface area contributed by atoms with Crippen molar-refractivity contribution in [2.24, 2.45) is 0 Å². The second-order valence-corrected chi connectivity index (χ2v) is 5.07. The predicted octanol–water partition coefficient (Wildman–Crippen LogP) is 2.94. The number of carbonyl (C=O) groups excluding carboxylic acids is 1. The summed E-state index contributed by atoms with van der Waals surface area (Å²) < 4.78 is 0. The first-order valence-corrected chi connectivity index (χ1v) is 6.60. The van der Waals surface area contributed by atoms with Gasteiger partial charge < -0.3 is 10.4 Å². The van der Waals surface area contributed by atoms with Crippen molar-refractivity contribution in [3.63, 3.8) is 0 Å². The molecule has 5 heteroatoms. The highest BCUT2D eigenvalue weighted by Crippen LogP contribution is 2.18. The first kappa shape index (κ1) is 13.3. The summed E-state index contributed by atoms with van der Waals surface area (Å²) in [6.07, 6.45) is -0.0156. The summed E-state index contributed by atoms with van der Waals surface area (Å²) in [5.41, 5.74) is 2.31. The van der Waals surface area contributed by atoms with Crippen LogP contribution in [0.3, 0.4) is 0 Å². The van der Waals surface area contributed by atoms with E-state index in [1.807, 2.05) is 18.4 Å². The zero-order chi connectivity index (χ0) is 13.8. The lowest BCUT2D eigenvalue weighted by Crippen LogP contribution is -2.11. The SMILES string of the molecule is Cc1ccsc1C(=O)Nc1ccc(CC(=O)O)cc1. The van der Waals surface area contributed by atoms with Crippen LogP contribution in [0.2, 0.25) is 0 Å². The quantitative estimate of drug-likeness (QED) is 0.901. The van der Waals surface area contributed by atoms with Crippen LogP contribution >= 0.6 is 11.3 Å². The Morgan fingerprint density at radius 2 is 1.89 bits per heavy atom. The third-order valence-electron chi connectivity index (χ3n) is 2.64. The van der Waals surface area contributed by atoms with Crippen LogP contribution in [0, 0.1) is 6.92 Å². The van der Waals surface area contributed by atoms with Gasteiger partial charge in [0.25, 0.3) is 5.91 Å². The molecule has 0 radical (unpaired) electrons. The molecule has 4 nitrogen and oxygen atoms in total. The van der Waals surface area contributed by atoms with E-state index in [0.717, 1.165) is 5.56 Å². The van der Waals surface area contributed by atoms with Gasteiger partial charge >= 0.3 is 5.97 Å². The number of hydrogen-bond donors (Lipinski definition) is 2. The molecule has 1 aromatic carbocycles. The van der Waals surface area contributed by atoms with Crippen molar-refractivity contribution in [2.75, 3.05) is 5.32 Å². The Labute approximate surface area is 114 Å². The monoisotopic (exact) mass is 275 g/mol. The summed E-state index contributed by atoms with van der Waals surface area (Å²) in [4.78, 5) is 23.2. The lowest BCUT2D eigenvalue weighted by Gasteiger charge is -2.05. The molecule has 2 rings (SSSR count). The van der Waals surface area contributed by atoms with Crippen molar-refractivity contribution in [2.45, 2.75) is 13.3 Å². The molecule has 0 saturated heterocycles. The molecule has 0 aliphatic heterocycles. The third kappa shape index (κ3) is 3.42. The van der Waals surface area contributed by atoms with Gasteiger partial charge in [-0.15, -0.1) is 11.3 Å². The molecular weight excluding hydrogens is 262 g/mol. The highest BCUT2D eigenvalue weighted by atomic mass is 32.1. The number of amides is 1. The summed E-state index contributed by atoms with van der Waals surface area (Å²) in [7, 11) is 0. The fraction of sp³-hybridized carbons (Fsp3) is 0.143. The Kier molecular flexibility index (Phi) is 3.97. The fourth-order valence-corrected chi connectivity index (χ4v) is 2.49. The Bertz CT molecular complexity index is 601. The second kappa shape index (κ2) is 5.67. The summed E-state index contributed by atoms with van der Waals surface area (Å²) in [5.74, 6) is -1.01. The van der Waals surface area contributed by atoms with Crippen molar-refractivity contribution in [3.05, 3.63) is 51.7 Å². The molecule has 1 amide bonds. The smallest absolute Gasteiger partial charge is 0.307 e. The lowest BCUT2D eigenvalue weighted by molar-refractivity contribution is -0.136. The van der Waals surface area contributed by atoms with Gasteiger partial charge in [0.2, 0.25) is 0 Å². The minimum atomic E-state index is -0.869. The third-order valence-corrected chi connectivity index (χ3v) is 3.65. The first-order chi connectivity index (χ1) is 9.06. The van der Waals surface area contributed by atoms with Crippen molar-refractivity contribution >= 4 is 28.9 Å². The van der Waals surface area contributed by atoms with E-state index in [2.05, 4.69) is 5.32 Å². The van der Waals surface area contributed by atoms with Crippen LogP contribution in [0.5, 0.6) is 0 Å². The molecule has 2 N–H and O–H groups in total. The van der Waals surface area contributed by atoms with E-state index in [9.17, 15) is 9.59 Å². The van der Waals surface area contributed by atoms with E-state index in [1.54, 1.807) is 24.3 Å². The normalized spacial score (nSPS) is 10.2. The van der Waals surface area contributed by atoms with Crippen LogP contribution in [0.1, 0.15) is 20.8 Å². The molecule has 19 heavy (non-hydrogen) atoms. The zero-order valence-electron chi connectivity index (χ0n) is 10.3. The molecule has 0 atom stereocenters. The molecule has 0 bridgehead atoms. The van der Waals surface area contributed by atoms with Crippen LogP contribution in [-0.4, -0.2) is 17.0 Å². The summed E-state index contributed by atoms with van der Waals surface area (Å²) in [6, 6.07) is 8.71. The van der Waals surface area contributed by atoms with Gasteiger partial charge in [-0.25, -0.2) is 0 Å². The minimum absolute atomic E-state index is 0.0156. The van der Waals surface area contributed by atoms with Crippen molar-refractivity contribution in [1.82, 2.24) is 0 Å². The van der Waals surface area contributed by atoms with Crippen LogP contribution in [0.15, 0.2) is 35.7 Å². The van der Waals surface area contributed by atoms with Crippen LogP contribution < -0.4 is 5.32 Å². The largest absolute Gasteiger partial charge is 0.481 e. The van der Waals surface area contributed by atoms with E-state index in [1.165, 1.54) is 11.3 Å². The van der Waals surface area contributed by atoms with Gasteiger partial charge in [0, 0.05) is 5.69 Å². The molecule has 2 aromatic rings. The average molecular weight is 275 g/mol. The zero-order valence-corrected chi connectivity index (χ0v) is 11.2. The molecule has 1 heterocycles. The van der Waals surface area contributed by atoms with Crippen molar-refractivity contribution in [1.29, 1.82) is 0 Å². The molecule has 0 unspecified atom stereocenters. The van der Waals surface area contributed by atoms with Gasteiger partial charge in [-0.05, 0) is 41.6 Å². The number of rotatable bonds is 4. The van der Waals surface area contributed by atoms with Crippen LogP contribution in [0.25, 0.3) is 0 Å². The van der Waals surface area contributed by atoms with Gasteiger partial charge in [0.1, 0.15) is 0 Å². The Hall–Kier alpha value is -2.14. The number of benzene rings is 1. The van der Waals surface area contributed by atoms with Gasteiger partial charge in [-0.1, -0.05) is 12.1 Å². The highest BCUT2D eigenvalue weighted by Gasteiger charge is 2.10. The van der Waals surface area contributed by atoms with E-state index in [4.69, 9.17) is 5.11 Å². The number of hydrogen-bond acceptors (Lipinski definition) is 3. The number of thiophene rings is 1. The maximum absolute atomic E-state index is 12.0. The van der Waals surface area contributed by atoms with Gasteiger partial charge in [-0.2, -0.15) is 0 Å². The molecule has 0 spiro atoms. The number of nitrogens with one attached hydrogen (secondary N) is 1. The number of aliphatic carboxylic acids is 1. The van der Waals surface area contributed by atoms with Crippen molar-refractivity contribution < 1.29 is 14.7 Å². The Morgan fingerprint density at radius 1 is 1.21 bits per heavy atom. The number of carboxylic acid groups (broad SMARTS) is 1. The van der Waals surface area contributed by atoms with Gasteiger partial charge in [-0.3, -0.25) is 9.59 Å². The maximum atomic E-state index is 12.0. The highest BCUT2D eigenvalue weighted by molar-refractivity contribution is 7.12. The summed E-state index contributed by atoms with van der Waals surface area (Å²) in [6.45, 7) is 1.89. The lowest BCUT2D eigenvalue weighted by atomic mass is 10.1.